The molecule has 1 aromatic heterocycles. The second-order valence-electron chi connectivity index (χ2n) is 3.73. The minimum atomic E-state index is -0.168. The SMILES string of the molecule is Cn1c(-c2ccccc2)ccc(C(N)=S)c1=O. The summed E-state index contributed by atoms with van der Waals surface area (Å²) in [6.07, 6.45) is 0. The van der Waals surface area contributed by atoms with Gasteiger partial charge < -0.3 is 10.3 Å². The van der Waals surface area contributed by atoms with Crippen LogP contribution in [-0.4, -0.2) is 9.56 Å². The van der Waals surface area contributed by atoms with Gasteiger partial charge in [0.2, 0.25) is 0 Å². The molecule has 3 nitrogen and oxygen atoms in total. The van der Waals surface area contributed by atoms with E-state index in [0.717, 1.165) is 11.3 Å². The molecule has 0 aliphatic rings. The van der Waals surface area contributed by atoms with Crippen molar-refractivity contribution < 1.29 is 0 Å². The van der Waals surface area contributed by atoms with Crippen LogP contribution in [0.4, 0.5) is 0 Å². The topological polar surface area (TPSA) is 48.0 Å². The number of nitrogens with zero attached hydrogens (tertiary/aromatic N) is 1. The summed E-state index contributed by atoms with van der Waals surface area (Å²) in [7, 11) is 1.71. The predicted octanol–water partition coefficient (Wildman–Crippen LogP) is 1.69. The first-order valence-electron chi connectivity index (χ1n) is 5.16. The lowest BCUT2D eigenvalue weighted by atomic mass is 10.1. The highest BCUT2D eigenvalue weighted by Crippen LogP contribution is 2.16. The van der Waals surface area contributed by atoms with Crippen molar-refractivity contribution >= 4 is 17.2 Å². The molecule has 0 spiro atoms. The number of hydrogen-bond acceptors (Lipinski definition) is 2. The number of pyridine rings is 1. The fourth-order valence-electron chi connectivity index (χ4n) is 1.72. The average Bonchev–Trinajstić information content (AvgIpc) is 2.33. The van der Waals surface area contributed by atoms with Crippen LogP contribution in [0.1, 0.15) is 5.56 Å². The van der Waals surface area contributed by atoms with Gasteiger partial charge >= 0.3 is 0 Å². The van der Waals surface area contributed by atoms with Crippen LogP contribution >= 0.6 is 12.2 Å². The van der Waals surface area contributed by atoms with E-state index >= 15 is 0 Å². The summed E-state index contributed by atoms with van der Waals surface area (Å²) in [4.78, 5) is 12.1. The lowest BCUT2D eigenvalue weighted by molar-refractivity contribution is 0.867. The van der Waals surface area contributed by atoms with Crippen LogP contribution in [0.15, 0.2) is 47.3 Å². The van der Waals surface area contributed by atoms with Crippen LogP contribution in [0.3, 0.4) is 0 Å². The van der Waals surface area contributed by atoms with Gasteiger partial charge in [-0.3, -0.25) is 4.79 Å². The predicted molar refractivity (Wildman–Crippen MR) is 73.0 cm³/mol. The number of thiocarbonyl (C=S) groups is 1. The van der Waals surface area contributed by atoms with Gasteiger partial charge in [-0.25, -0.2) is 0 Å². The number of hydrogen-bond donors (Lipinski definition) is 1. The molecule has 0 aliphatic heterocycles. The number of nitrogens with two attached hydrogens (primary N) is 1. The Hall–Kier alpha value is -1.94. The molecule has 0 bridgehead atoms. The molecule has 17 heavy (non-hydrogen) atoms. The molecule has 2 aromatic rings. The van der Waals surface area contributed by atoms with Crippen molar-refractivity contribution in [1.82, 2.24) is 4.57 Å². The van der Waals surface area contributed by atoms with Crippen LogP contribution in [0.5, 0.6) is 0 Å². The molecule has 1 aromatic carbocycles. The molecule has 0 fully saturated rings. The average molecular weight is 244 g/mol. The summed E-state index contributed by atoms with van der Waals surface area (Å²) < 4.78 is 1.56. The van der Waals surface area contributed by atoms with Gasteiger partial charge in [0, 0.05) is 7.05 Å². The van der Waals surface area contributed by atoms with Gasteiger partial charge in [0.05, 0.1) is 11.3 Å². The lowest BCUT2D eigenvalue weighted by Gasteiger charge is -2.09. The molecule has 0 radical (unpaired) electrons. The maximum Gasteiger partial charge on any atom is 0.261 e. The summed E-state index contributed by atoms with van der Waals surface area (Å²) in [5, 5.41) is 0. The van der Waals surface area contributed by atoms with Crippen LogP contribution in [0.25, 0.3) is 11.3 Å². The van der Waals surface area contributed by atoms with E-state index in [0.29, 0.717) is 5.56 Å². The van der Waals surface area contributed by atoms with Crippen molar-refractivity contribution in [3.63, 3.8) is 0 Å². The van der Waals surface area contributed by atoms with Crippen LogP contribution in [0, 0.1) is 0 Å². The molecular weight excluding hydrogens is 232 g/mol. The Morgan fingerprint density at radius 3 is 2.41 bits per heavy atom. The highest BCUT2D eigenvalue weighted by atomic mass is 32.1. The van der Waals surface area contributed by atoms with E-state index in [1.54, 1.807) is 17.7 Å². The normalized spacial score (nSPS) is 10.2. The van der Waals surface area contributed by atoms with Gasteiger partial charge in [0.25, 0.3) is 5.56 Å². The summed E-state index contributed by atoms with van der Waals surface area (Å²) in [5.41, 5.74) is 7.53. The molecule has 0 amide bonds. The van der Waals surface area contributed by atoms with Crippen molar-refractivity contribution in [2.45, 2.75) is 0 Å². The van der Waals surface area contributed by atoms with E-state index in [1.165, 1.54) is 0 Å². The number of rotatable bonds is 2. The van der Waals surface area contributed by atoms with Crippen molar-refractivity contribution in [2.24, 2.45) is 12.8 Å². The second kappa shape index (κ2) is 4.51. The van der Waals surface area contributed by atoms with Crippen molar-refractivity contribution in [2.75, 3.05) is 0 Å². The van der Waals surface area contributed by atoms with Gasteiger partial charge in [-0.05, 0) is 17.7 Å². The first-order valence-corrected chi connectivity index (χ1v) is 5.57. The Bertz CT molecular complexity index is 617. The van der Waals surface area contributed by atoms with E-state index in [1.807, 2.05) is 36.4 Å². The largest absolute Gasteiger partial charge is 0.389 e. The highest BCUT2D eigenvalue weighted by Gasteiger charge is 2.08. The summed E-state index contributed by atoms with van der Waals surface area (Å²) in [5.74, 6) is 0. The molecule has 2 N–H and O–H groups in total. The third-order valence-corrected chi connectivity index (χ3v) is 2.86. The molecule has 86 valence electrons. The minimum Gasteiger partial charge on any atom is -0.389 e. The Morgan fingerprint density at radius 2 is 1.82 bits per heavy atom. The van der Waals surface area contributed by atoms with Crippen LogP contribution < -0.4 is 11.3 Å². The Balaban J connectivity index is 2.64. The molecule has 0 saturated heterocycles. The van der Waals surface area contributed by atoms with E-state index in [4.69, 9.17) is 18.0 Å². The molecule has 0 atom stereocenters. The zero-order valence-electron chi connectivity index (χ0n) is 9.38. The molecule has 0 aliphatic carbocycles. The standard InChI is InChI=1S/C13H12N2OS/c1-15-11(9-5-3-2-4-6-9)8-7-10(12(14)17)13(15)16/h2-8H,1H3,(H2,14,17). The number of aromatic nitrogens is 1. The minimum absolute atomic E-state index is 0.130. The number of benzene rings is 1. The monoisotopic (exact) mass is 244 g/mol. The summed E-state index contributed by atoms with van der Waals surface area (Å²) in [6.45, 7) is 0. The van der Waals surface area contributed by atoms with Crippen molar-refractivity contribution in [1.29, 1.82) is 0 Å². The zero-order chi connectivity index (χ0) is 12.4. The zero-order valence-corrected chi connectivity index (χ0v) is 10.2. The van der Waals surface area contributed by atoms with E-state index in [2.05, 4.69) is 0 Å². The molecule has 1 heterocycles. The second-order valence-corrected chi connectivity index (χ2v) is 4.17. The van der Waals surface area contributed by atoms with Crippen LogP contribution in [-0.2, 0) is 7.05 Å². The van der Waals surface area contributed by atoms with Gasteiger partial charge in [-0.2, -0.15) is 0 Å². The maximum atomic E-state index is 12.0. The Labute approximate surface area is 105 Å². The quantitative estimate of drug-likeness (QED) is 0.818. The molecule has 0 unspecified atom stereocenters. The Morgan fingerprint density at radius 1 is 1.18 bits per heavy atom. The third-order valence-electron chi connectivity index (χ3n) is 2.64. The highest BCUT2D eigenvalue weighted by molar-refractivity contribution is 7.80. The summed E-state index contributed by atoms with van der Waals surface area (Å²) in [6, 6.07) is 13.2. The van der Waals surface area contributed by atoms with Crippen molar-refractivity contribution in [3.05, 3.63) is 58.4 Å². The molecule has 4 heteroatoms. The summed E-state index contributed by atoms with van der Waals surface area (Å²) >= 11 is 4.83. The molecular formula is C13H12N2OS. The molecule has 0 saturated carbocycles. The third kappa shape index (κ3) is 2.12. The van der Waals surface area contributed by atoms with Gasteiger partial charge in [-0.15, -0.1) is 0 Å². The van der Waals surface area contributed by atoms with E-state index < -0.39 is 0 Å². The van der Waals surface area contributed by atoms with Gasteiger partial charge in [0.15, 0.2) is 0 Å². The fourth-order valence-corrected chi connectivity index (χ4v) is 1.88. The maximum absolute atomic E-state index is 12.0. The fraction of sp³-hybridized carbons (Fsp3) is 0.0769. The van der Waals surface area contributed by atoms with Crippen LogP contribution in [0.2, 0.25) is 0 Å². The first kappa shape index (κ1) is 11.5. The smallest absolute Gasteiger partial charge is 0.261 e. The van der Waals surface area contributed by atoms with Gasteiger partial charge in [-0.1, -0.05) is 42.5 Å². The van der Waals surface area contributed by atoms with E-state index in [-0.39, 0.29) is 10.5 Å². The molecule has 2 rings (SSSR count). The van der Waals surface area contributed by atoms with Crippen molar-refractivity contribution in [3.8, 4) is 11.3 Å². The first-order chi connectivity index (χ1) is 8.11. The lowest BCUT2D eigenvalue weighted by Crippen LogP contribution is -2.28. The Kier molecular flexibility index (Phi) is 3.06. The van der Waals surface area contributed by atoms with E-state index in [9.17, 15) is 4.79 Å². The van der Waals surface area contributed by atoms with Gasteiger partial charge in [0.1, 0.15) is 4.99 Å².